The van der Waals surface area contributed by atoms with Crippen molar-refractivity contribution in [2.45, 2.75) is 68.4 Å². The van der Waals surface area contributed by atoms with Crippen molar-refractivity contribution in [3.05, 3.63) is 64.2 Å². The van der Waals surface area contributed by atoms with Crippen molar-refractivity contribution in [1.82, 2.24) is 0 Å². The van der Waals surface area contributed by atoms with E-state index in [-0.39, 0.29) is 12.2 Å². The number of ether oxygens (including phenoxy) is 3. The minimum atomic E-state index is -1.42. The molecule has 4 N–H and O–H groups in total. The molecular weight excluding hydrogens is 448 g/mol. The Bertz CT molecular complexity index is 919. The van der Waals surface area contributed by atoms with Crippen LogP contribution in [0.3, 0.4) is 0 Å². The second-order valence-corrected chi connectivity index (χ2v) is 9.24. The number of benzene rings is 2. The highest BCUT2D eigenvalue weighted by atomic mass is 35.5. The minimum absolute atomic E-state index is 0.172. The first kappa shape index (κ1) is 24.4. The van der Waals surface area contributed by atoms with Gasteiger partial charge in [-0.05, 0) is 54.2 Å². The van der Waals surface area contributed by atoms with Crippen molar-refractivity contribution in [2.75, 3.05) is 13.7 Å². The summed E-state index contributed by atoms with van der Waals surface area (Å²) < 4.78 is 17.2. The van der Waals surface area contributed by atoms with Crippen molar-refractivity contribution in [2.24, 2.45) is 0 Å². The van der Waals surface area contributed by atoms with Gasteiger partial charge in [0.1, 0.15) is 42.4 Å². The molecule has 0 bridgehead atoms. The van der Waals surface area contributed by atoms with Crippen LogP contribution in [0, 0.1) is 0 Å². The molecule has 0 amide bonds. The molecule has 2 fully saturated rings. The van der Waals surface area contributed by atoms with Crippen LogP contribution in [0.25, 0.3) is 0 Å². The Labute approximate surface area is 198 Å². The van der Waals surface area contributed by atoms with Crippen molar-refractivity contribution in [1.29, 1.82) is 0 Å². The fourth-order valence-electron chi connectivity index (χ4n) is 4.60. The van der Waals surface area contributed by atoms with Crippen LogP contribution in [0.15, 0.2) is 42.5 Å². The second kappa shape index (κ2) is 10.7. The molecule has 1 saturated carbocycles. The smallest absolute Gasteiger partial charge is 0.119 e. The van der Waals surface area contributed by atoms with Gasteiger partial charge in [-0.3, -0.25) is 0 Å². The van der Waals surface area contributed by atoms with Gasteiger partial charge in [-0.2, -0.15) is 0 Å². The van der Waals surface area contributed by atoms with Gasteiger partial charge in [0.15, 0.2) is 0 Å². The van der Waals surface area contributed by atoms with Crippen molar-refractivity contribution >= 4 is 11.6 Å². The molecule has 2 aromatic carbocycles. The number of halogens is 1. The van der Waals surface area contributed by atoms with E-state index in [0.717, 1.165) is 36.1 Å². The third kappa shape index (κ3) is 5.52. The van der Waals surface area contributed by atoms with E-state index in [1.54, 1.807) is 19.2 Å². The molecule has 7 atom stereocenters. The fourth-order valence-corrected chi connectivity index (χ4v) is 4.79. The second-order valence-electron chi connectivity index (χ2n) is 8.83. The largest absolute Gasteiger partial charge is 0.490 e. The zero-order valence-corrected chi connectivity index (χ0v) is 19.3. The van der Waals surface area contributed by atoms with Gasteiger partial charge in [-0.1, -0.05) is 35.9 Å². The first-order valence-electron chi connectivity index (χ1n) is 11.3. The monoisotopic (exact) mass is 478 g/mol. The molecule has 1 saturated heterocycles. The number of hydrogen-bond acceptors (Lipinski definition) is 7. The number of methoxy groups -OCH3 is 1. The highest BCUT2D eigenvalue weighted by Gasteiger charge is 2.44. The summed E-state index contributed by atoms with van der Waals surface area (Å²) in [5, 5.41) is 40.6. The Hall–Kier alpha value is -1.71. The first-order chi connectivity index (χ1) is 15.9. The molecule has 1 aliphatic carbocycles. The van der Waals surface area contributed by atoms with Crippen LogP contribution < -0.4 is 4.74 Å². The van der Waals surface area contributed by atoms with E-state index in [4.69, 9.17) is 25.8 Å². The Kier molecular flexibility index (Phi) is 7.91. The maximum Gasteiger partial charge on any atom is 0.119 e. The van der Waals surface area contributed by atoms with E-state index in [9.17, 15) is 20.4 Å². The number of aliphatic hydroxyl groups excluding tert-OH is 4. The molecule has 2 aromatic rings. The van der Waals surface area contributed by atoms with Crippen molar-refractivity contribution in [3.8, 4) is 5.75 Å². The summed E-state index contributed by atoms with van der Waals surface area (Å²) in [5.74, 6) is 0.821. The van der Waals surface area contributed by atoms with Crippen LogP contribution in [-0.2, 0) is 15.9 Å². The quantitative estimate of drug-likeness (QED) is 0.484. The molecule has 1 aliphatic heterocycles. The number of aliphatic hydroxyl groups is 4. The Morgan fingerprint density at radius 2 is 1.70 bits per heavy atom. The molecule has 1 heterocycles. The maximum absolute atomic E-state index is 10.4. The van der Waals surface area contributed by atoms with Gasteiger partial charge in [-0.15, -0.1) is 0 Å². The zero-order valence-electron chi connectivity index (χ0n) is 18.5. The molecule has 8 heteroatoms. The van der Waals surface area contributed by atoms with Crippen molar-refractivity contribution < 1.29 is 34.6 Å². The summed E-state index contributed by atoms with van der Waals surface area (Å²) in [6.45, 7) is -0.469. The molecule has 0 spiro atoms. The summed E-state index contributed by atoms with van der Waals surface area (Å²) in [6.07, 6.45) is -2.10. The van der Waals surface area contributed by atoms with Crippen LogP contribution in [0.5, 0.6) is 5.75 Å². The molecule has 0 radical (unpaired) electrons. The predicted molar refractivity (Wildman–Crippen MR) is 122 cm³/mol. The van der Waals surface area contributed by atoms with E-state index in [1.807, 2.05) is 30.3 Å². The number of hydrogen-bond donors (Lipinski definition) is 4. The van der Waals surface area contributed by atoms with E-state index < -0.39 is 37.1 Å². The third-order valence-electron chi connectivity index (χ3n) is 6.58. The lowest BCUT2D eigenvalue weighted by Gasteiger charge is -2.40. The summed E-state index contributed by atoms with van der Waals surface area (Å²) in [5.41, 5.74) is 2.48. The predicted octanol–water partition coefficient (Wildman–Crippen LogP) is 2.39. The molecule has 33 heavy (non-hydrogen) atoms. The topological polar surface area (TPSA) is 109 Å². The summed E-state index contributed by atoms with van der Waals surface area (Å²) in [4.78, 5) is 0. The Balaban J connectivity index is 1.45. The first-order valence-corrected chi connectivity index (χ1v) is 11.6. The van der Waals surface area contributed by atoms with Crippen molar-refractivity contribution in [3.63, 3.8) is 0 Å². The average molecular weight is 479 g/mol. The summed E-state index contributed by atoms with van der Waals surface area (Å²) >= 11 is 6.43. The normalized spacial score (nSPS) is 32.1. The Morgan fingerprint density at radius 3 is 2.36 bits per heavy atom. The van der Waals surface area contributed by atoms with Crippen LogP contribution in [-0.4, -0.2) is 70.8 Å². The van der Waals surface area contributed by atoms with Crippen LogP contribution >= 0.6 is 11.6 Å². The van der Waals surface area contributed by atoms with Gasteiger partial charge >= 0.3 is 0 Å². The highest BCUT2D eigenvalue weighted by molar-refractivity contribution is 6.31. The summed E-state index contributed by atoms with van der Waals surface area (Å²) in [7, 11) is 1.74. The van der Waals surface area contributed by atoms with E-state index in [1.165, 1.54) is 0 Å². The lowest BCUT2D eigenvalue weighted by atomic mass is 9.90. The lowest BCUT2D eigenvalue weighted by molar-refractivity contribution is -0.231. The summed E-state index contributed by atoms with van der Waals surface area (Å²) in [6, 6.07) is 13.1. The standard InChI is InChI=1S/C25H31ClO7/c1-31-18-7-8-19(12-18)32-17-5-2-14(3-6-17)10-16-11-15(4-9-20(16)26)25-24(30)23(29)22(28)21(13-27)33-25/h2-6,9,11,18-19,21-25,27-30H,7-8,10,12-13H2,1H3/t18?,19?,21-,22-,23?,24-,25+/m1/s1. The third-order valence-corrected chi connectivity index (χ3v) is 6.95. The SMILES string of the molecule is COC1CCC(Oc2ccc(Cc3cc([C@@H]4O[C@H](CO)[C@@H](O)C(O)[C@H]4O)ccc3Cl)cc2)C1. The van der Waals surface area contributed by atoms with E-state index >= 15 is 0 Å². The van der Waals surface area contributed by atoms with Gasteiger partial charge in [0.25, 0.3) is 0 Å². The zero-order chi connectivity index (χ0) is 23.5. The molecule has 180 valence electrons. The van der Waals surface area contributed by atoms with Crippen LogP contribution in [0.1, 0.15) is 42.1 Å². The fraction of sp³-hybridized carbons (Fsp3) is 0.520. The van der Waals surface area contributed by atoms with E-state index in [2.05, 4.69) is 0 Å². The molecule has 7 nitrogen and oxygen atoms in total. The van der Waals surface area contributed by atoms with Gasteiger partial charge in [0.05, 0.1) is 12.7 Å². The van der Waals surface area contributed by atoms with Gasteiger partial charge in [-0.25, -0.2) is 0 Å². The van der Waals surface area contributed by atoms with Gasteiger partial charge in [0, 0.05) is 18.6 Å². The molecule has 3 unspecified atom stereocenters. The van der Waals surface area contributed by atoms with Gasteiger partial charge in [0.2, 0.25) is 0 Å². The highest BCUT2D eigenvalue weighted by Crippen LogP contribution is 2.34. The van der Waals surface area contributed by atoms with Crippen LogP contribution in [0.4, 0.5) is 0 Å². The molecule has 4 rings (SSSR count). The Morgan fingerprint density at radius 1 is 0.970 bits per heavy atom. The van der Waals surface area contributed by atoms with Crippen LogP contribution in [0.2, 0.25) is 5.02 Å². The minimum Gasteiger partial charge on any atom is -0.490 e. The molecule has 0 aromatic heterocycles. The lowest BCUT2D eigenvalue weighted by Crippen LogP contribution is -2.55. The van der Waals surface area contributed by atoms with E-state index in [0.29, 0.717) is 17.0 Å². The number of rotatable bonds is 7. The molecule has 2 aliphatic rings. The van der Waals surface area contributed by atoms with Gasteiger partial charge < -0.3 is 34.6 Å². The average Bonchev–Trinajstić information content (AvgIpc) is 3.28. The maximum atomic E-state index is 10.4. The molecular formula is C25H31ClO7.